The maximum Gasteiger partial charge on any atom is 0.472 e. The monoisotopic (exact) mass is 846 g/mol. The molecule has 4 N–H and O–H groups in total. The molecule has 0 aromatic heterocycles. The Kier molecular flexibility index (Phi) is 40.6. The van der Waals surface area contributed by atoms with Gasteiger partial charge in [-0.3, -0.25) is 23.4 Å². The van der Waals surface area contributed by atoms with Crippen LogP contribution in [-0.4, -0.2) is 59.9 Å². The molecule has 0 heterocycles. The van der Waals surface area contributed by atoms with Crippen LogP contribution in [0.5, 0.6) is 0 Å². The molecule has 0 aliphatic carbocycles. The lowest BCUT2D eigenvalue weighted by molar-refractivity contribution is -0.161. The van der Waals surface area contributed by atoms with Gasteiger partial charge < -0.3 is 25.2 Å². The fraction of sp³-hybridized carbons (Fsp3) is 0.891. The van der Waals surface area contributed by atoms with Crippen LogP contribution < -0.4 is 5.73 Å². The molecule has 0 spiro atoms. The van der Waals surface area contributed by atoms with Crippen LogP contribution in [0.3, 0.4) is 0 Å². The lowest BCUT2D eigenvalue weighted by Gasteiger charge is -2.20. The number of hydrogen-bond acceptors (Lipinski definition) is 9. The predicted molar refractivity (Wildman–Crippen MR) is 236 cm³/mol. The summed E-state index contributed by atoms with van der Waals surface area (Å²) in [6.07, 6.45) is 42.8. The fourth-order valence-corrected chi connectivity index (χ4v) is 7.55. The molecule has 0 amide bonds. The summed E-state index contributed by atoms with van der Waals surface area (Å²) in [4.78, 5) is 46.0. The molecule has 0 bridgehead atoms. The van der Waals surface area contributed by atoms with Gasteiger partial charge in [0.1, 0.15) is 12.6 Å². The highest BCUT2D eigenvalue weighted by atomic mass is 31.2. The number of ether oxygens (including phenoxy) is 2. The normalized spacial score (nSPS) is 13.7. The second-order valence-corrected chi connectivity index (χ2v) is 17.7. The lowest BCUT2D eigenvalue weighted by atomic mass is 10.0. The first-order valence-electron chi connectivity index (χ1n) is 23.7. The Bertz CT molecular complexity index is 1040. The van der Waals surface area contributed by atoms with Crippen molar-refractivity contribution >= 4 is 25.7 Å². The highest BCUT2D eigenvalue weighted by Gasteiger charge is 2.28. The summed E-state index contributed by atoms with van der Waals surface area (Å²) in [5.74, 6) is -2.37. The molecular formula is C46H88NO10P. The summed E-state index contributed by atoms with van der Waals surface area (Å²) in [6, 6.07) is -1.52. The van der Waals surface area contributed by atoms with E-state index >= 15 is 0 Å². The molecule has 0 fully saturated rings. The highest BCUT2D eigenvalue weighted by molar-refractivity contribution is 7.47. The quantitative estimate of drug-likeness (QED) is 0.0230. The Morgan fingerprint density at radius 2 is 0.862 bits per heavy atom. The Balaban J connectivity index is 4.20. The van der Waals surface area contributed by atoms with Crippen LogP contribution in [-0.2, 0) is 37.5 Å². The van der Waals surface area contributed by atoms with E-state index in [1.54, 1.807) is 0 Å². The molecule has 0 aromatic carbocycles. The molecule has 1 unspecified atom stereocenters. The number of phosphoric ester groups is 1. The minimum Gasteiger partial charge on any atom is -0.480 e. The molecule has 0 saturated carbocycles. The van der Waals surface area contributed by atoms with Gasteiger partial charge in [-0.1, -0.05) is 193 Å². The van der Waals surface area contributed by atoms with E-state index in [4.69, 9.17) is 24.8 Å². The van der Waals surface area contributed by atoms with Crippen LogP contribution in [0, 0.1) is 0 Å². The zero-order chi connectivity index (χ0) is 42.8. The van der Waals surface area contributed by atoms with Crippen molar-refractivity contribution in [2.75, 3.05) is 19.8 Å². The Morgan fingerprint density at radius 3 is 1.29 bits per heavy atom. The van der Waals surface area contributed by atoms with Gasteiger partial charge in [0.15, 0.2) is 6.10 Å². The van der Waals surface area contributed by atoms with Gasteiger partial charge >= 0.3 is 25.7 Å². The van der Waals surface area contributed by atoms with Gasteiger partial charge in [0, 0.05) is 12.8 Å². The molecule has 3 atom stereocenters. The Hall–Kier alpha value is -1.78. The van der Waals surface area contributed by atoms with E-state index in [1.807, 2.05) is 0 Å². The number of unbranched alkanes of at least 4 members (excludes halogenated alkanes) is 29. The second-order valence-electron chi connectivity index (χ2n) is 16.2. The lowest BCUT2D eigenvalue weighted by Crippen LogP contribution is -2.34. The van der Waals surface area contributed by atoms with Crippen molar-refractivity contribution in [3.05, 3.63) is 12.2 Å². The smallest absolute Gasteiger partial charge is 0.472 e. The van der Waals surface area contributed by atoms with Gasteiger partial charge in [-0.25, -0.2) is 4.57 Å². The van der Waals surface area contributed by atoms with E-state index in [-0.39, 0.29) is 19.4 Å². The van der Waals surface area contributed by atoms with Crippen LogP contribution in [0.1, 0.15) is 232 Å². The summed E-state index contributed by atoms with van der Waals surface area (Å²) in [5, 5.41) is 8.89. The van der Waals surface area contributed by atoms with Crippen LogP contribution in [0.2, 0.25) is 0 Å². The maximum atomic E-state index is 12.7. The van der Waals surface area contributed by atoms with E-state index < -0.39 is 51.1 Å². The average molecular weight is 846 g/mol. The summed E-state index contributed by atoms with van der Waals surface area (Å²) >= 11 is 0. The zero-order valence-electron chi connectivity index (χ0n) is 37.2. The van der Waals surface area contributed by atoms with Crippen molar-refractivity contribution in [2.24, 2.45) is 5.73 Å². The van der Waals surface area contributed by atoms with Gasteiger partial charge in [0.05, 0.1) is 13.2 Å². The topological polar surface area (TPSA) is 172 Å². The number of nitrogens with two attached hydrogens (primary N) is 1. The van der Waals surface area contributed by atoms with Gasteiger partial charge in [0.25, 0.3) is 0 Å². The van der Waals surface area contributed by atoms with Gasteiger partial charge in [-0.2, -0.15) is 0 Å². The third-order valence-corrected chi connectivity index (χ3v) is 11.5. The van der Waals surface area contributed by atoms with Crippen LogP contribution >= 0.6 is 7.82 Å². The SMILES string of the molecule is CCCCC/C=C/CCCCCCCC(=O)OC[C@@H](COP(=O)(O)OC[C@H](N)C(=O)O)OC(=O)CCCCCCCCCCCCCCCCCCCCCCCC. The summed E-state index contributed by atoms with van der Waals surface area (Å²) in [6.45, 7) is 2.80. The minimum absolute atomic E-state index is 0.166. The first kappa shape index (κ1) is 56.2. The summed E-state index contributed by atoms with van der Waals surface area (Å²) < 4.78 is 32.7. The number of aliphatic carboxylic acids is 1. The van der Waals surface area contributed by atoms with Gasteiger partial charge in [-0.05, 0) is 38.5 Å². The number of carboxylic acid groups (broad SMARTS) is 1. The Morgan fingerprint density at radius 1 is 0.517 bits per heavy atom. The summed E-state index contributed by atoms with van der Waals surface area (Å²) in [5.41, 5.74) is 5.34. The molecule has 58 heavy (non-hydrogen) atoms. The van der Waals surface area contributed by atoms with Crippen molar-refractivity contribution in [1.29, 1.82) is 0 Å². The molecule has 0 radical (unpaired) electrons. The number of allylic oxidation sites excluding steroid dienone is 2. The number of carbonyl (C=O) groups excluding carboxylic acids is 2. The second kappa shape index (κ2) is 41.9. The van der Waals surface area contributed by atoms with Crippen molar-refractivity contribution in [3.63, 3.8) is 0 Å². The average Bonchev–Trinajstić information content (AvgIpc) is 3.20. The molecule has 0 aliphatic heterocycles. The van der Waals surface area contributed by atoms with Crippen LogP contribution in [0.25, 0.3) is 0 Å². The van der Waals surface area contributed by atoms with E-state index in [2.05, 4.69) is 30.5 Å². The number of carboxylic acids is 1. The van der Waals surface area contributed by atoms with Crippen molar-refractivity contribution < 1.29 is 47.5 Å². The number of esters is 2. The predicted octanol–water partition coefficient (Wildman–Crippen LogP) is 12.8. The minimum atomic E-state index is -4.71. The number of hydrogen-bond donors (Lipinski definition) is 3. The van der Waals surface area contributed by atoms with E-state index in [0.717, 1.165) is 57.8 Å². The number of carbonyl (C=O) groups is 3. The van der Waals surface area contributed by atoms with Crippen molar-refractivity contribution in [3.8, 4) is 0 Å². The van der Waals surface area contributed by atoms with E-state index in [9.17, 15) is 23.8 Å². The molecule has 0 aliphatic rings. The molecule has 0 aromatic rings. The Labute approximate surface area is 354 Å². The molecular weight excluding hydrogens is 757 g/mol. The molecule has 12 heteroatoms. The maximum absolute atomic E-state index is 12.7. The number of rotatable bonds is 45. The summed E-state index contributed by atoms with van der Waals surface area (Å²) in [7, 11) is -4.71. The van der Waals surface area contributed by atoms with E-state index in [1.165, 1.54) is 135 Å². The highest BCUT2D eigenvalue weighted by Crippen LogP contribution is 2.43. The third-order valence-electron chi connectivity index (χ3n) is 10.5. The van der Waals surface area contributed by atoms with Crippen molar-refractivity contribution in [1.82, 2.24) is 0 Å². The van der Waals surface area contributed by atoms with Crippen LogP contribution in [0.15, 0.2) is 12.2 Å². The fourth-order valence-electron chi connectivity index (χ4n) is 6.77. The van der Waals surface area contributed by atoms with Gasteiger partial charge in [-0.15, -0.1) is 0 Å². The van der Waals surface area contributed by atoms with Crippen LogP contribution in [0.4, 0.5) is 0 Å². The first-order valence-corrected chi connectivity index (χ1v) is 25.2. The first-order chi connectivity index (χ1) is 28.1. The van der Waals surface area contributed by atoms with E-state index in [0.29, 0.717) is 12.8 Å². The van der Waals surface area contributed by atoms with Crippen molar-refractivity contribution in [2.45, 2.75) is 244 Å². The molecule has 0 rings (SSSR count). The largest absolute Gasteiger partial charge is 0.480 e. The molecule has 0 saturated heterocycles. The zero-order valence-corrected chi connectivity index (χ0v) is 38.1. The number of phosphoric acid groups is 1. The van der Waals surface area contributed by atoms with Gasteiger partial charge in [0.2, 0.25) is 0 Å². The molecule has 342 valence electrons. The standard InChI is InChI=1S/C46H88NO10P/c1-3-5-7-9-11-13-15-17-18-19-20-21-22-23-24-25-26-28-30-32-34-36-38-45(49)57-42(40-55-58(52,53)56-41-43(47)46(50)51)39-54-44(48)37-35-33-31-29-27-16-14-12-10-8-6-4-2/h12,14,42-43H,3-11,13,15-41,47H2,1-2H3,(H,50,51)(H,52,53)/b14-12+/t42-,43-/m0/s1. The third kappa shape index (κ3) is 41.0. The molecule has 11 nitrogen and oxygen atoms in total.